The number of urea groups is 1. The number of aromatic amines is 1. The molecule has 1 atom stereocenters. The maximum atomic E-state index is 12.9. The van der Waals surface area contributed by atoms with Crippen molar-refractivity contribution >= 4 is 34.8 Å². The largest absolute Gasteiger partial charge is 0.497 e. The van der Waals surface area contributed by atoms with Crippen molar-refractivity contribution in [1.82, 2.24) is 20.6 Å². The van der Waals surface area contributed by atoms with Crippen LogP contribution in [0.15, 0.2) is 58.9 Å². The summed E-state index contributed by atoms with van der Waals surface area (Å²) in [4.78, 5) is 33.2. The van der Waals surface area contributed by atoms with Crippen molar-refractivity contribution in [2.75, 3.05) is 19.5 Å². The predicted octanol–water partition coefficient (Wildman–Crippen LogP) is 3.84. The lowest BCUT2D eigenvalue weighted by Gasteiger charge is -2.29. The summed E-state index contributed by atoms with van der Waals surface area (Å²) in [6.45, 7) is 4.00. The summed E-state index contributed by atoms with van der Waals surface area (Å²) < 4.78 is 10.5. The highest BCUT2D eigenvalue weighted by Gasteiger charge is 2.33. The molecule has 2 amide bonds. The molecule has 0 radical (unpaired) electrons. The minimum Gasteiger partial charge on any atom is -0.497 e. The van der Waals surface area contributed by atoms with Gasteiger partial charge in [-0.2, -0.15) is 0 Å². The first-order chi connectivity index (χ1) is 15.5. The third kappa shape index (κ3) is 4.57. The van der Waals surface area contributed by atoms with E-state index in [9.17, 15) is 9.59 Å². The van der Waals surface area contributed by atoms with Gasteiger partial charge in [-0.15, -0.1) is 0 Å². The molecule has 0 saturated heterocycles. The van der Waals surface area contributed by atoms with Gasteiger partial charge >= 0.3 is 12.0 Å². The molecule has 9 heteroatoms. The molecule has 8 nitrogen and oxygen atoms in total. The van der Waals surface area contributed by atoms with Gasteiger partial charge in [0.2, 0.25) is 0 Å². The van der Waals surface area contributed by atoms with Crippen LogP contribution in [0, 0.1) is 6.92 Å². The lowest BCUT2D eigenvalue weighted by molar-refractivity contribution is -0.139. The number of rotatable bonds is 7. The minimum absolute atomic E-state index is 0.231. The van der Waals surface area contributed by atoms with E-state index in [-0.39, 0.29) is 12.6 Å². The monoisotopic (exact) mass is 452 g/mol. The summed E-state index contributed by atoms with van der Waals surface area (Å²) in [5.41, 5.74) is 4.56. The standard InChI is InChI=1S/C23H24N4O4S/c1-4-31-21(28)19-18(12-32-23-25-16-10-5-13(2)11-17(16)26-23)24-22(29)27-20(19)14-6-8-15(30-3)9-7-14/h5-11,20H,4,12H2,1-3H3,(H,25,26)(H2,24,27,29). The number of esters is 1. The van der Waals surface area contributed by atoms with E-state index in [2.05, 4.69) is 20.6 Å². The minimum atomic E-state index is -0.636. The van der Waals surface area contributed by atoms with Gasteiger partial charge in [0.1, 0.15) is 5.75 Å². The van der Waals surface area contributed by atoms with Gasteiger partial charge in [-0.05, 0) is 49.2 Å². The molecule has 0 spiro atoms. The zero-order valence-corrected chi connectivity index (χ0v) is 18.8. The number of aromatic nitrogens is 2. The SMILES string of the molecule is CCOC(=O)C1=C(CSc2nc3ccc(C)cc3[nH]2)NC(=O)NC1c1ccc(OC)cc1. The van der Waals surface area contributed by atoms with Crippen molar-refractivity contribution in [3.8, 4) is 5.75 Å². The molecule has 1 aliphatic rings. The second kappa shape index (κ2) is 9.35. The Morgan fingerprint density at radius 2 is 1.97 bits per heavy atom. The van der Waals surface area contributed by atoms with Crippen LogP contribution in [0.3, 0.4) is 0 Å². The molecule has 0 bridgehead atoms. The smallest absolute Gasteiger partial charge is 0.338 e. The highest BCUT2D eigenvalue weighted by Crippen LogP contribution is 2.31. The molecule has 4 rings (SSSR count). The fourth-order valence-corrected chi connectivity index (χ4v) is 4.39. The normalized spacial score (nSPS) is 16.0. The average Bonchev–Trinajstić information content (AvgIpc) is 3.19. The first kappa shape index (κ1) is 21.8. The van der Waals surface area contributed by atoms with E-state index in [0.29, 0.717) is 27.9 Å². The Labute approximate surface area is 189 Å². The van der Waals surface area contributed by atoms with Crippen LogP contribution in [0.5, 0.6) is 5.75 Å². The Kier molecular flexibility index (Phi) is 6.36. The number of thioether (sulfide) groups is 1. The van der Waals surface area contributed by atoms with Crippen LogP contribution in [0.1, 0.15) is 24.1 Å². The van der Waals surface area contributed by atoms with Crippen molar-refractivity contribution in [3.05, 3.63) is 64.9 Å². The number of carbonyl (C=O) groups excluding carboxylic acids is 2. The molecule has 3 N–H and O–H groups in total. The van der Waals surface area contributed by atoms with Gasteiger partial charge in [0.25, 0.3) is 0 Å². The topological polar surface area (TPSA) is 105 Å². The van der Waals surface area contributed by atoms with Gasteiger partial charge in [0.05, 0.1) is 36.4 Å². The Hall–Kier alpha value is -3.46. The highest BCUT2D eigenvalue weighted by atomic mass is 32.2. The van der Waals surface area contributed by atoms with Gasteiger partial charge in [-0.25, -0.2) is 14.6 Å². The van der Waals surface area contributed by atoms with E-state index >= 15 is 0 Å². The van der Waals surface area contributed by atoms with Crippen molar-refractivity contribution < 1.29 is 19.1 Å². The number of ether oxygens (including phenoxy) is 2. The molecule has 3 aromatic rings. The number of H-pyrrole nitrogens is 1. The summed E-state index contributed by atoms with van der Waals surface area (Å²) in [5.74, 6) is 0.552. The molecule has 0 saturated carbocycles. The summed E-state index contributed by atoms with van der Waals surface area (Å²) in [6, 6.07) is 12.2. The number of methoxy groups -OCH3 is 1. The summed E-state index contributed by atoms with van der Waals surface area (Å²) in [7, 11) is 1.58. The molecule has 2 heterocycles. The number of nitrogens with zero attached hydrogens (tertiary/aromatic N) is 1. The van der Waals surface area contributed by atoms with Crippen LogP contribution in [-0.2, 0) is 9.53 Å². The van der Waals surface area contributed by atoms with E-state index in [1.165, 1.54) is 11.8 Å². The van der Waals surface area contributed by atoms with Crippen molar-refractivity contribution in [2.45, 2.75) is 25.0 Å². The Morgan fingerprint density at radius 1 is 1.19 bits per heavy atom. The van der Waals surface area contributed by atoms with Crippen LogP contribution < -0.4 is 15.4 Å². The van der Waals surface area contributed by atoms with Gasteiger partial charge in [0, 0.05) is 11.4 Å². The molecular weight excluding hydrogens is 428 g/mol. The van der Waals surface area contributed by atoms with Crippen LogP contribution in [-0.4, -0.2) is 41.4 Å². The zero-order chi connectivity index (χ0) is 22.7. The fraction of sp³-hybridized carbons (Fsp3) is 0.261. The number of carbonyl (C=O) groups is 2. The number of imidazole rings is 1. The Bertz CT molecular complexity index is 1190. The van der Waals surface area contributed by atoms with Crippen molar-refractivity contribution in [3.63, 3.8) is 0 Å². The maximum Gasteiger partial charge on any atom is 0.338 e. The van der Waals surface area contributed by atoms with E-state index < -0.39 is 12.0 Å². The van der Waals surface area contributed by atoms with Crippen molar-refractivity contribution in [2.24, 2.45) is 0 Å². The second-order valence-electron chi connectivity index (χ2n) is 7.27. The van der Waals surface area contributed by atoms with Crippen LogP contribution in [0.4, 0.5) is 4.79 Å². The predicted molar refractivity (Wildman–Crippen MR) is 123 cm³/mol. The molecular formula is C23H24N4O4S. The zero-order valence-electron chi connectivity index (χ0n) is 18.0. The summed E-state index contributed by atoms with van der Waals surface area (Å²) in [6.07, 6.45) is 0. The number of hydrogen-bond donors (Lipinski definition) is 3. The third-order valence-corrected chi connectivity index (χ3v) is 5.97. The van der Waals surface area contributed by atoms with Gasteiger partial charge in [0.15, 0.2) is 5.16 Å². The molecule has 166 valence electrons. The number of aryl methyl sites for hydroxylation is 1. The van der Waals surface area contributed by atoms with E-state index in [0.717, 1.165) is 22.2 Å². The molecule has 0 fully saturated rings. The van der Waals surface area contributed by atoms with E-state index in [1.54, 1.807) is 26.2 Å². The first-order valence-corrected chi connectivity index (χ1v) is 11.2. The number of hydrogen-bond acceptors (Lipinski definition) is 6. The van der Waals surface area contributed by atoms with Gasteiger partial charge in [-0.3, -0.25) is 0 Å². The molecule has 1 aliphatic heterocycles. The lowest BCUT2D eigenvalue weighted by Crippen LogP contribution is -2.46. The van der Waals surface area contributed by atoms with Crippen LogP contribution >= 0.6 is 11.8 Å². The quantitative estimate of drug-likeness (QED) is 0.372. The Balaban J connectivity index is 1.66. The summed E-state index contributed by atoms with van der Waals surface area (Å²) >= 11 is 1.41. The molecule has 32 heavy (non-hydrogen) atoms. The maximum absolute atomic E-state index is 12.9. The molecule has 1 aromatic heterocycles. The number of fused-ring (bicyclic) bond motifs is 1. The van der Waals surface area contributed by atoms with E-state index in [1.807, 2.05) is 37.3 Å². The average molecular weight is 453 g/mol. The fourth-order valence-electron chi connectivity index (χ4n) is 3.54. The van der Waals surface area contributed by atoms with Crippen LogP contribution in [0.25, 0.3) is 11.0 Å². The molecule has 1 unspecified atom stereocenters. The van der Waals surface area contributed by atoms with E-state index in [4.69, 9.17) is 9.47 Å². The highest BCUT2D eigenvalue weighted by molar-refractivity contribution is 7.99. The van der Waals surface area contributed by atoms with Gasteiger partial charge < -0.3 is 25.1 Å². The summed E-state index contributed by atoms with van der Waals surface area (Å²) in [5, 5.41) is 6.32. The lowest BCUT2D eigenvalue weighted by atomic mass is 9.95. The van der Waals surface area contributed by atoms with Crippen LogP contribution in [0.2, 0.25) is 0 Å². The second-order valence-corrected chi connectivity index (χ2v) is 8.23. The number of amides is 2. The van der Waals surface area contributed by atoms with Gasteiger partial charge in [-0.1, -0.05) is 30.0 Å². The number of benzene rings is 2. The Morgan fingerprint density at radius 3 is 2.69 bits per heavy atom. The van der Waals surface area contributed by atoms with Crippen molar-refractivity contribution in [1.29, 1.82) is 0 Å². The first-order valence-electron chi connectivity index (χ1n) is 10.2. The molecule has 2 aromatic carbocycles. The number of nitrogens with one attached hydrogen (secondary N) is 3. The third-order valence-electron chi connectivity index (χ3n) is 5.07. The molecule has 0 aliphatic carbocycles.